The van der Waals surface area contributed by atoms with Crippen molar-refractivity contribution in [2.75, 3.05) is 19.6 Å². The molecule has 112 valence electrons. The van der Waals surface area contributed by atoms with E-state index in [-0.39, 0.29) is 25.4 Å². The highest BCUT2D eigenvalue weighted by atomic mass is 19.4. The number of rotatable bonds is 4. The van der Waals surface area contributed by atoms with Gasteiger partial charge in [-0.25, -0.2) is 0 Å². The predicted octanol–water partition coefficient (Wildman–Crippen LogP) is 2.55. The highest BCUT2D eigenvalue weighted by Gasteiger charge is 2.45. The average Bonchev–Trinajstić information content (AvgIpc) is 2.40. The van der Waals surface area contributed by atoms with Gasteiger partial charge in [0.25, 0.3) is 0 Å². The Morgan fingerprint density at radius 1 is 1.32 bits per heavy atom. The minimum absolute atomic E-state index is 0.112. The normalized spacial score (nSPS) is 21.6. The second-order valence-electron chi connectivity index (χ2n) is 5.32. The third-order valence-corrected chi connectivity index (χ3v) is 4.37. The first-order chi connectivity index (χ1) is 8.80. The van der Waals surface area contributed by atoms with Crippen LogP contribution in [0.3, 0.4) is 0 Å². The maximum atomic E-state index is 12.8. The van der Waals surface area contributed by atoms with Crippen LogP contribution >= 0.6 is 0 Å². The maximum Gasteiger partial charge on any atom is 0.393 e. The molecule has 0 bridgehead atoms. The molecule has 1 heterocycles. The second-order valence-corrected chi connectivity index (χ2v) is 5.32. The van der Waals surface area contributed by atoms with Crippen molar-refractivity contribution in [2.24, 2.45) is 17.1 Å². The van der Waals surface area contributed by atoms with Gasteiger partial charge in [-0.05, 0) is 25.7 Å². The number of halogens is 3. The molecule has 1 aliphatic rings. The van der Waals surface area contributed by atoms with Crippen LogP contribution in [0.15, 0.2) is 0 Å². The van der Waals surface area contributed by atoms with Gasteiger partial charge in [0.2, 0.25) is 5.91 Å². The number of likely N-dealkylation sites (tertiary alicyclic amines) is 1. The summed E-state index contributed by atoms with van der Waals surface area (Å²) in [5.74, 6) is -1.61. The van der Waals surface area contributed by atoms with E-state index in [1.54, 1.807) is 0 Å². The fourth-order valence-electron chi connectivity index (χ4n) is 2.69. The highest BCUT2D eigenvalue weighted by molar-refractivity contribution is 5.83. The quantitative estimate of drug-likeness (QED) is 0.860. The summed E-state index contributed by atoms with van der Waals surface area (Å²) in [7, 11) is 0. The number of carbonyl (C=O) groups excluding carboxylic acids is 1. The second kappa shape index (κ2) is 6.11. The number of alkyl halides is 3. The molecule has 1 aliphatic heterocycles. The largest absolute Gasteiger partial charge is 0.393 e. The van der Waals surface area contributed by atoms with Gasteiger partial charge in [-0.1, -0.05) is 13.8 Å². The van der Waals surface area contributed by atoms with E-state index in [2.05, 4.69) is 0 Å². The predicted molar refractivity (Wildman–Crippen MR) is 67.4 cm³/mol. The molecular weight excluding hydrogens is 257 g/mol. The Labute approximate surface area is 112 Å². The summed E-state index contributed by atoms with van der Waals surface area (Å²) in [5.41, 5.74) is 4.99. The van der Waals surface area contributed by atoms with Crippen molar-refractivity contribution in [3.05, 3.63) is 0 Å². The lowest BCUT2D eigenvalue weighted by Crippen LogP contribution is -2.52. The molecule has 2 N–H and O–H groups in total. The molecule has 0 saturated carbocycles. The Morgan fingerprint density at radius 3 is 2.32 bits per heavy atom. The van der Waals surface area contributed by atoms with Crippen LogP contribution in [0.1, 0.15) is 39.5 Å². The number of nitrogens with two attached hydrogens (primary N) is 1. The van der Waals surface area contributed by atoms with Gasteiger partial charge in [0.15, 0.2) is 0 Å². The SMILES string of the molecule is CCC(CC)(CN)C(=O)N1CCCC(C(F)(F)F)C1. The molecule has 0 aromatic heterocycles. The Balaban J connectivity index is 2.82. The minimum Gasteiger partial charge on any atom is -0.342 e. The Morgan fingerprint density at radius 2 is 1.89 bits per heavy atom. The van der Waals surface area contributed by atoms with Crippen molar-refractivity contribution >= 4 is 5.91 Å². The first-order valence-corrected chi connectivity index (χ1v) is 6.87. The number of amides is 1. The summed E-state index contributed by atoms with van der Waals surface area (Å²) in [6.07, 6.45) is -2.58. The zero-order chi connectivity index (χ0) is 14.7. The fraction of sp³-hybridized carbons (Fsp3) is 0.923. The molecule has 19 heavy (non-hydrogen) atoms. The van der Waals surface area contributed by atoms with Crippen LogP contribution in [-0.2, 0) is 4.79 Å². The van der Waals surface area contributed by atoms with E-state index in [9.17, 15) is 18.0 Å². The molecular formula is C13H23F3N2O. The van der Waals surface area contributed by atoms with Crippen LogP contribution in [0.5, 0.6) is 0 Å². The van der Waals surface area contributed by atoms with Crippen molar-refractivity contribution in [3.63, 3.8) is 0 Å². The molecule has 1 atom stereocenters. The maximum absolute atomic E-state index is 12.8. The Kier molecular flexibility index (Phi) is 5.24. The average molecular weight is 280 g/mol. The number of piperidine rings is 1. The molecule has 1 fully saturated rings. The summed E-state index contributed by atoms with van der Waals surface area (Å²) in [6.45, 7) is 4.10. The molecule has 1 amide bonds. The van der Waals surface area contributed by atoms with E-state index < -0.39 is 17.5 Å². The third-order valence-electron chi connectivity index (χ3n) is 4.37. The molecule has 0 aromatic rings. The van der Waals surface area contributed by atoms with Crippen LogP contribution < -0.4 is 5.73 Å². The van der Waals surface area contributed by atoms with Crippen molar-refractivity contribution in [2.45, 2.75) is 45.7 Å². The van der Waals surface area contributed by atoms with Gasteiger partial charge in [0.1, 0.15) is 0 Å². The van der Waals surface area contributed by atoms with Crippen molar-refractivity contribution in [3.8, 4) is 0 Å². The van der Waals surface area contributed by atoms with Crippen LogP contribution in [0, 0.1) is 11.3 Å². The van der Waals surface area contributed by atoms with Crippen LogP contribution in [-0.4, -0.2) is 36.6 Å². The van der Waals surface area contributed by atoms with E-state index >= 15 is 0 Å². The Bertz CT molecular complexity index is 305. The summed E-state index contributed by atoms with van der Waals surface area (Å²) < 4.78 is 38.3. The monoisotopic (exact) mass is 280 g/mol. The zero-order valence-electron chi connectivity index (χ0n) is 11.6. The standard InChI is InChI=1S/C13H23F3N2O/c1-3-12(4-2,9-17)11(19)18-7-5-6-10(8-18)13(14,15)16/h10H,3-9,17H2,1-2H3. The van der Waals surface area contributed by atoms with Crippen molar-refractivity contribution in [1.29, 1.82) is 0 Å². The molecule has 6 heteroatoms. The summed E-state index contributed by atoms with van der Waals surface area (Å²) in [4.78, 5) is 13.8. The topological polar surface area (TPSA) is 46.3 Å². The van der Waals surface area contributed by atoms with Gasteiger partial charge in [-0.3, -0.25) is 4.79 Å². The molecule has 1 unspecified atom stereocenters. The van der Waals surface area contributed by atoms with E-state index in [1.807, 2.05) is 13.8 Å². The highest BCUT2D eigenvalue weighted by Crippen LogP contribution is 2.35. The van der Waals surface area contributed by atoms with Gasteiger partial charge >= 0.3 is 6.18 Å². The molecule has 3 nitrogen and oxygen atoms in total. The lowest BCUT2D eigenvalue weighted by molar-refractivity contribution is -0.189. The molecule has 0 aromatic carbocycles. The molecule has 0 spiro atoms. The lowest BCUT2D eigenvalue weighted by Gasteiger charge is -2.40. The first-order valence-electron chi connectivity index (χ1n) is 6.87. The van der Waals surface area contributed by atoms with E-state index in [0.29, 0.717) is 25.8 Å². The minimum atomic E-state index is -4.22. The third kappa shape index (κ3) is 3.41. The van der Waals surface area contributed by atoms with Gasteiger partial charge < -0.3 is 10.6 Å². The van der Waals surface area contributed by atoms with Gasteiger partial charge in [-0.15, -0.1) is 0 Å². The smallest absolute Gasteiger partial charge is 0.342 e. The molecule has 0 radical (unpaired) electrons. The van der Waals surface area contributed by atoms with Crippen LogP contribution in [0.4, 0.5) is 13.2 Å². The Hall–Kier alpha value is -0.780. The first kappa shape index (κ1) is 16.3. The van der Waals surface area contributed by atoms with Gasteiger partial charge in [0.05, 0.1) is 11.3 Å². The van der Waals surface area contributed by atoms with E-state index in [1.165, 1.54) is 4.90 Å². The van der Waals surface area contributed by atoms with Crippen molar-refractivity contribution in [1.82, 2.24) is 4.90 Å². The van der Waals surface area contributed by atoms with E-state index in [0.717, 1.165) is 0 Å². The molecule has 1 rings (SSSR count). The fourth-order valence-corrected chi connectivity index (χ4v) is 2.69. The number of carbonyl (C=O) groups is 1. The van der Waals surface area contributed by atoms with Crippen LogP contribution in [0.2, 0.25) is 0 Å². The van der Waals surface area contributed by atoms with Gasteiger partial charge in [-0.2, -0.15) is 13.2 Å². The molecule has 1 saturated heterocycles. The van der Waals surface area contributed by atoms with Gasteiger partial charge in [0, 0.05) is 19.6 Å². The lowest BCUT2D eigenvalue weighted by atomic mass is 9.80. The number of hydrogen-bond acceptors (Lipinski definition) is 2. The summed E-state index contributed by atoms with van der Waals surface area (Å²) >= 11 is 0. The number of nitrogens with zero attached hydrogens (tertiary/aromatic N) is 1. The number of hydrogen-bond donors (Lipinski definition) is 1. The van der Waals surface area contributed by atoms with Crippen LogP contribution in [0.25, 0.3) is 0 Å². The summed E-state index contributed by atoms with van der Waals surface area (Å²) in [5, 5.41) is 0. The molecule has 0 aliphatic carbocycles. The summed E-state index contributed by atoms with van der Waals surface area (Å²) in [6, 6.07) is 0. The zero-order valence-corrected chi connectivity index (χ0v) is 11.6. The van der Waals surface area contributed by atoms with Crippen molar-refractivity contribution < 1.29 is 18.0 Å². The van der Waals surface area contributed by atoms with E-state index in [4.69, 9.17) is 5.73 Å².